The van der Waals surface area contributed by atoms with Gasteiger partial charge in [-0.15, -0.1) is 0 Å². The fourth-order valence-electron chi connectivity index (χ4n) is 1.09. The summed E-state index contributed by atoms with van der Waals surface area (Å²) in [5.41, 5.74) is 0. The van der Waals surface area contributed by atoms with Crippen molar-refractivity contribution in [2.45, 2.75) is 32.6 Å². The van der Waals surface area contributed by atoms with E-state index in [4.69, 9.17) is 5.11 Å². The first-order valence-electron chi connectivity index (χ1n) is 5.29. The maximum absolute atomic E-state index is 11.1. The smallest absolute Gasteiger partial charge is 0.239 e. The van der Waals surface area contributed by atoms with E-state index in [9.17, 15) is 9.59 Å². The summed E-state index contributed by atoms with van der Waals surface area (Å²) in [5, 5.41) is 13.6. The zero-order chi connectivity index (χ0) is 11.5. The summed E-state index contributed by atoms with van der Waals surface area (Å²) in [5.74, 6) is -0.361. The molecule has 5 nitrogen and oxygen atoms in total. The van der Waals surface area contributed by atoms with Crippen molar-refractivity contribution in [3.05, 3.63) is 0 Å². The van der Waals surface area contributed by atoms with Crippen LogP contribution in [-0.2, 0) is 9.59 Å². The van der Waals surface area contributed by atoms with Crippen molar-refractivity contribution in [2.24, 2.45) is 0 Å². The van der Waals surface area contributed by atoms with E-state index in [-0.39, 0.29) is 25.0 Å². The van der Waals surface area contributed by atoms with Crippen LogP contribution < -0.4 is 10.6 Å². The van der Waals surface area contributed by atoms with Crippen molar-refractivity contribution in [3.63, 3.8) is 0 Å². The second-order valence-electron chi connectivity index (χ2n) is 3.40. The molecule has 15 heavy (non-hydrogen) atoms. The van der Waals surface area contributed by atoms with Crippen LogP contribution in [0.1, 0.15) is 32.6 Å². The number of nitrogens with one attached hydrogen (secondary N) is 2. The largest absolute Gasteiger partial charge is 0.396 e. The Kier molecular flexibility index (Phi) is 8.76. The van der Waals surface area contributed by atoms with Crippen molar-refractivity contribution < 1.29 is 14.7 Å². The normalized spacial score (nSPS) is 9.73. The molecule has 0 spiro atoms. The van der Waals surface area contributed by atoms with Gasteiger partial charge in [-0.1, -0.05) is 12.8 Å². The van der Waals surface area contributed by atoms with E-state index >= 15 is 0 Å². The molecule has 3 N–H and O–H groups in total. The third kappa shape index (κ3) is 10.8. The first-order chi connectivity index (χ1) is 7.16. The molecule has 0 rings (SSSR count). The number of hydrogen-bond donors (Lipinski definition) is 3. The number of aliphatic hydroxyl groups excluding tert-OH is 1. The first-order valence-corrected chi connectivity index (χ1v) is 5.29. The predicted octanol–water partition coefficient (Wildman–Crippen LogP) is -0.209. The van der Waals surface area contributed by atoms with Gasteiger partial charge in [-0.05, 0) is 12.8 Å². The molecule has 0 aliphatic rings. The summed E-state index contributed by atoms with van der Waals surface area (Å²) in [6.45, 7) is 2.28. The summed E-state index contributed by atoms with van der Waals surface area (Å²) >= 11 is 0. The highest BCUT2D eigenvalue weighted by Gasteiger charge is 2.00. The summed E-state index contributed by atoms with van der Waals surface area (Å²) in [4.78, 5) is 21.6. The van der Waals surface area contributed by atoms with Gasteiger partial charge in [0, 0.05) is 20.1 Å². The highest BCUT2D eigenvalue weighted by atomic mass is 16.2. The maximum atomic E-state index is 11.1. The van der Waals surface area contributed by atoms with Gasteiger partial charge in [0.25, 0.3) is 0 Å². The van der Waals surface area contributed by atoms with E-state index in [1.807, 2.05) is 0 Å². The second kappa shape index (κ2) is 9.45. The summed E-state index contributed by atoms with van der Waals surface area (Å²) in [6.07, 6.45) is 3.71. The molecule has 2 amide bonds. The summed E-state index contributed by atoms with van der Waals surface area (Å²) < 4.78 is 0. The molecule has 0 aliphatic carbocycles. The quantitative estimate of drug-likeness (QED) is 0.491. The second-order valence-corrected chi connectivity index (χ2v) is 3.40. The summed E-state index contributed by atoms with van der Waals surface area (Å²) in [6, 6.07) is 0. The molecule has 88 valence electrons. The minimum atomic E-state index is -0.201. The molecule has 0 radical (unpaired) electrons. The Morgan fingerprint density at radius 1 is 1.07 bits per heavy atom. The lowest BCUT2D eigenvalue weighted by atomic mass is 10.2. The first kappa shape index (κ1) is 13.9. The van der Waals surface area contributed by atoms with Gasteiger partial charge in [-0.25, -0.2) is 0 Å². The van der Waals surface area contributed by atoms with E-state index in [1.165, 1.54) is 6.92 Å². The van der Waals surface area contributed by atoms with Crippen LogP contribution in [0.25, 0.3) is 0 Å². The van der Waals surface area contributed by atoms with Gasteiger partial charge >= 0.3 is 0 Å². The van der Waals surface area contributed by atoms with Crippen LogP contribution in [0.2, 0.25) is 0 Å². The molecule has 5 heteroatoms. The van der Waals surface area contributed by atoms with E-state index < -0.39 is 0 Å². The van der Waals surface area contributed by atoms with E-state index in [1.54, 1.807) is 0 Å². The number of hydrogen-bond acceptors (Lipinski definition) is 3. The van der Waals surface area contributed by atoms with Gasteiger partial charge in [0.15, 0.2) is 0 Å². The average Bonchev–Trinajstić information content (AvgIpc) is 2.20. The molecule has 0 aromatic heterocycles. The number of carbonyl (C=O) groups excluding carboxylic acids is 2. The van der Waals surface area contributed by atoms with Crippen molar-refractivity contribution in [2.75, 3.05) is 19.7 Å². The lowest BCUT2D eigenvalue weighted by molar-refractivity contribution is -0.125. The fourth-order valence-corrected chi connectivity index (χ4v) is 1.09. The number of unbranched alkanes of at least 4 members (excludes halogenated alkanes) is 3. The Morgan fingerprint density at radius 2 is 1.73 bits per heavy atom. The zero-order valence-corrected chi connectivity index (χ0v) is 9.21. The maximum Gasteiger partial charge on any atom is 0.239 e. The van der Waals surface area contributed by atoms with Crippen LogP contribution >= 0.6 is 0 Å². The Hall–Kier alpha value is -1.10. The summed E-state index contributed by atoms with van der Waals surface area (Å²) in [7, 11) is 0. The molecule has 0 unspecified atom stereocenters. The monoisotopic (exact) mass is 216 g/mol. The minimum Gasteiger partial charge on any atom is -0.396 e. The molecule has 0 heterocycles. The molecule has 0 aromatic carbocycles. The third-order valence-corrected chi connectivity index (χ3v) is 1.90. The van der Waals surface area contributed by atoms with Crippen LogP contribution in [0, 0.1) is 0 Å². The standard InChI is InChI=1S/C10H20N2O3/c1-9(14)12-8-10(15)11-6-4-2-3-5-7-13/h13H,2-8H2,1H3,(H,11,15)(H,12,14). The Bertz CT molecular complexity index is 195. The number of amides is 2. The van der Waals surface area contributed by atoms with Crippen molar-refractivity contribution >= 4 is 11.8 Å². The molecule has 0 atom stereocenters. The predicted molar refractivity (Wildman–Crippen MR) is 57.2 cm³/mol. The SMILES string of the molecule is CC(=O)NCC(=O)NCCCCCCO. The molecule has 0 aliphatic heterocycles. The van der Waals surface area contributed by atoms with E-state index in [0.717, 1.165) is 25.7 Å². The highest BCUT2D eigenvalue weighted by Crippen LogP contribution is 1.97. The van der Waals surface area contributed by atoms with Crippen LogP contribution in [0.3, 0.4) is 0 Å². The molecular formula is C10H20N2O3. The number of aliphatic hydroxyl groups is 1. The fraction of sp³-hybridized carbons (Fsp3) is 0.800. The Balaban J connectivity index is 3.20. The van der Waals surface area contributed by atoms with E-state index in [2.05, 4.69) is 10.6 Å². The molecule has 0 saturated heterocycles. The van der Waals surface area contributed by atoms with Crippen molar-refractivity contribution in [3.8, 4) is 0 Å². The van der Waals surface area contributed by atoms with Gasteiger partial charge in [-0.2, -0.15) is 0 Å². The molecular weight excluding hydrogens is 196 g/mol. The number of carbonyl (C=O) groups is 2. The van der Waals surface area contributed by atoms with Crippen LogP contribution in [0.15, 0.2) is 0 Å². The molecule has 0 aromatic rings. The van der Waals surface area contributed by atoms with Crippen molar-refractivity contribution in [1.82, 2.24) is 10.6 Å². The van der Waals surface area contributed by atoms with Gasteiger partial charge in [-0.3, -0.25) is 9.59 Å². The minimum absolute atomic E-state index is 0.0476. The van der Waals surface area contributed by atoms with Gasteiger partial charge in [0.2, 0.25) is 11.8 Å². The average molecular weight is 216 g/mol. The van der Waals surface area contributed by atoms with Gasteiger partial charge in [0.05, 0.1) is 6.54 Å². The lowest BCUT2D eigenvalue weighted by Gasteiger charge is -2.05. The topological polar surface area (TPSA) is 78.4 Å². The Morgan fingerprint density at radius 3 is 2.33 bits per heavy atom. The van der Waals surface area contributed by atoms with Gasteiger partial charge in [0.1, 0.15) is 0 Å². The van der Waals surface area contributed by atoms with Gasteiger partial charge < -0.3 is 15.7 Å². The lowest BCUT2D eigenvalue weighted by Crippen LogP contribution is -2.36. The molecule has 0 fully saturated rings. The van der Waals surface area contributed by atoms with Crippen LogP contribution in [0.4, 0.5) is 0 Å². The zero-order valence-electron chi connectivity index (χ0n) is 9.21. The van der Waals surface area contributed by atoms with Crippen molar-refractivity contribution in [1.29, 1.82) is 0 Å². The van der Waals surface area contributed by atoms with E-state index in [0.29, 0.717) is 6.54 Å². The molecule has 0 saturated carbocycles. The molecule has 0 bridgehead atoms. The van der Waals surface area contributed by atoms with Crippen LogP contribution in [-0.4, -0.2) is 36.6 Å². The number of rotatable bonds is 8. The highest BCUT2D eigenvalue weighted by molar-refractivity contribution is 5.83. The third-order valence-electron chi connectivity index (χ3n) is 1.90. The Labute approximate surface area is 90.2 Å². The van der Waals surface area contributed by atoms with Crippen LogP contribution in [0.5, 0.6) is 0 Å².